The highest BCUT2D eigenvalue weighted by atomic mass is 35.5. The van der Waals surface area contributed by atoms with Gasteiger partial charge < -0.3 is 19.9 Å². The molecule has 0 atom stereocenters. The molecule has 2 rings (SSSR count). The molecular weight excluding hydrogens is 381 g/mol. The fraction of sp³-hybridized carbons (Fsp3) is 0.471. The van der Waals surface area contributed by atoms with E-state index < -0.39 is 5.91 Å². The van der Waals surface area contributed by atoms with Gasteiger partial charge in [0, 0.05) is 33.0 Å². The molecule has 1 fully saturated rings. The average Bonchev–Trinajstić information content (AvgIpc) is 2.63. The second kappa shape index (κ2) is 9.75. The summed E-state index contributed by atoms with van der Waals surface area (Å²) in [4.78, 5) is 39.3. The maximum atomic E-state index is 12.2. The van der Waals surface area contributed by atoms with Crippen LogP contribution >= 0.6 is 23.2 Å². The Hall–Kier alpha value is -1.83. The van der Waals surface area contributed by atoms with Crippen LogP contribution in [0.15, 0.2) is 18.2 Å². The summed E-state index contributed by atoms with van der Waals surface area (Å²) < 4.78 is 5.19. The lowest BCUT2D eigenvalue weighted by Crippen LogP contribution is -2.41. The van der Waals surface area contributed by atoms with Crippen molar-refractivity contribution < 1.29 is 19.1 Å². The van der Waals surface area contributed by atoms with Gasteiger partial charge in [-0.1, -0.05) is 29.3 Å². The lowest BCUT2D eigenvalue weighted by atomic mass is 10.2. The van der Waals surface area contributed by atoms with Gasteiger partial charge in [-0.15, -0.1) is 0 Å². The molecule has 1 aromatic carbocycles. The first-order chi connectivity index (χ1) is 12.4. The second-order valence-corrected chi connectivity index (χ2v) is 6.70. The highest BCUT2D eigenvalue weighted by Crippen LogP contribution is 2.29. The number of nitrogens with one attached hydrogen (secondary N) is 1. The van der Waals surface area contributed by atoms with Gasteiger partial charge in [-0.3, -0.25) is 14.4 Å². The number of nitrogens with zero attached hydrogens (tertiary/aromatic N) is 2. The number of carbonyl (C=O) groups is 3. The monoisotopic (exact) mass is 401 g/mol. The Morgan fingerprint density at radius 1 is 1.15 bits per heavy atom. The number of rotatable bonds is 6. The van der Waals surface area contributed by atoms with E-state index in [4.69, 9.17) is 27.9 Å². The topological polar surface area (TPSA) is 79.0 Å². The zero-order chi connectivity index (χ0) is 19.1. The van der Waals surface area contributed by atoms with Crippen molar-refractivity contribution in [3.63, 3.8) is 0 Å². The Morgan fingerprint density at radius 3 is 2.38 bits per heavy atom. The minimum atomic E-state index is -0.421. The van der Waals surface area contributed by atoms with Gasteiger partial charge in [-0.25, -0.2) is 0 Å². The van der Waals surface area contributed by atoms with Crippen molar-refractivity contribution in [2.24, 2.45) is 0 Å². The summed E-state index contributed by atoms with van der Waals surface area (Å²) in [5, 5.41) is 3.23. The molecule has 0 saturated carbocycles. The van der Waals surface area contributed by atoms with E-state index in [-0.39, 0.29) is 31.2 Å². The summed E-state index contributed by atoms with van der Waals surface area (Å²) in [6.07, 6.45) is 0.161. The van der Waals surface area contributed by atoms with E-state index >= 15 is 0 Å². The first-order valence-electron chi connectivity index (χ1n) is 8.22. The van der Waals surface area contributed by atoms with Gasteiger partial charge in [0.15, 0.2) is 0 Å². The van der Waals surface area contributed by atoms with Crippen LogP contribution in [0.3, 0.4) is 0 Å². The Morgan fingerprint density at radius 2 is 1.77 bits per heavy atom. The number of morpholine rings is 1. The second-order valence-electron chi connectivity index (χ2n) is 5.89. The maximum Gasteiger partial charge on any atom is 0.244 e. The molecule has 1 N–H and O–H groups in total. The number of para-hydroxylation sites is 1. The number of halogens is 2. The molecule has 142 valence electrons. The fourth-order valence-electron chi connectivity index (χ4n) is 2.48. The van der Waals surface area contributed by atoms with Gasteiger partial charge in [0.05, 0.1) is 35.5 Å². The van der Waals surface area contributed by atoms with Crippen LogP contribution < -0.4 is 5.32 Å². The van der Waals surface area contributed by atoms with Crippen molar-refractivity contribution in [3.8, 4) is 0 Å². The van der Waals surface area contributed by atoms with Crippen molar-refractivity contribution in [2.75, 3.05) is 45.2 Å². The number of hydrogen-bond acceptors (Lipinski definition) is 4. The molecule has 3 amide bonds. The molecule has 0 radical (unpaired) electrons. The number of anilines is 1. The van der Waals surface area contributed by atoms with E-state index in [9.17, 15) is 14.4 Å². The molecule has 7 nitrogen and oxygen atoms in total. The van der Waals surface area contributed by atoms with Crippen LogP contribution in [0.1, 0.15) is 12.8 Å². The number of likely N-dealkylation sites (N-methyl/N-ethyl adjacent to an activating group) is 1. The molecule has 0 spiro atoms. The predicted molar refractivity (Wildman–Crippen MR) is 99.4 cm³/mol. The van der Waals surface area contributed by atoms with Crippen molar-refractivity contribution in [1.82, 2.24) is 9.80 Å². The third-order valence-electron chi connectivity index (χ3n) is 3.95. The maximum absolute atomic E-state index is 12.2. The molecule has 1 aliphatic heterocycles. The quantitative estimate of drug-likeness (QED) is 0.790. The van der Waals surface area contributed by atoms with E-state index in [1.54, 1.807) is 23.1 Å². The number of benzene rings is 1. The third-order valence-corrected chi connectivity index (χ3v) is 4.58. The highest BCUT2D eigenvalue weighted by molar-refractivity contribution is 6.39. The molecule has 0 aliphatic carbocycles. The largest absolute Gasteiger partial charge is 0.378 e. The number of amides is 3. The van der Waals surface area contributed by atoms with E-state index in [0.29, 0.717) is 42.0 Å². The SMILES string of the molecule is CN(CC(=O)Nc1c(Cl)cccc1Cl)C(=O)CCC(=O)N1CCOCC1. The van der Waals surface area contributed by atoms with Gasteiger partial charge >= 0.3 is 0 Å². The Labute approximate surface area is 162 Å². The summed E-state index contributed by atoms with van der Waals surface area (Å²) in [5.74, 6) is -0.787. The van der Waals surface area contributed by atoms with E-state index in [1.807, 2.05) is 0 Å². The van der Waals surface area contributed by atoms with Gasteiger partial charge in [0.2, 0.25) is 17.7 Å². The zero-order valence-electron chi connectivity index (χ0n) is 14.5. The minimum absolute atomic E-state index is 0.0484. The van der Waals surface area contributed by atoms with Crippen LogP contribution in [-0.2, 0) is 19.1 Å². The Balaban J connectivity index is 1.79. The minimum Gasteiger partial charge on any atom is -0.378 e. The standard InChI is InChI=1S/C17H21Cl2N3O4/c1-21(11-14(23)20-17-12(18)3-2-4-13(17)19)15(24)5-6-16(25)22-7-9-26-10-8-22/h2-4H,5-11H2,1H3,(H,20,23). The summed E-state index contributed by atoms with van der Waals surface area (Å²) in [6, 6.07) is 4.88. The molecule has 0 bridgehead atoms. The van der Waals surface area contributed by atoms with Crippen LogP contribution in [0.2, 0.25) is 10.0 Å². The van der Waals surface area contributed by atoms with Gasteiger partial charge in [-0.05, 0) is 12.1 Å². The molecule has 1 aromatic rings. The van der Waals surface area contributed by atoms with Crippen molar-refractivity contribution in [3.05, 3.63) is 28.2 Å². The Kier molecular flexibility index (Phi) is 7.68. The van der Waals surface area contributed by atoms with E-state index in [1.165, 1.54) is 11.9 Å². The van der Waals surface area contributed by atoms with Crippen molar-refractivity contribution in [1.29, 1.82) is 0 Å². The third kappa shape index (κ3) is 5.86. The smallest absolute Gasteiger partial charge is 0.244 e. The predicted octanol–water partition coefficient (Wildman–Crippen LogP) is 2.03. The van der Waals surface area contributed by atoms with Crippen LogP contribution in [0.25, 0.3) is 0 Å². The Bertz CT molecular complexity index is 658. The molecule has 9 heteroatoms. The molecule has 26 heavy (non-hydrogen) atoms. The molecule has 0 unspecified atom stereocenters. The fourth-order valence-corrected chi connectivity index (χ4v) is 2.97. The van der Waals surface area contributed by atoms with Crippen molar-refractivity contribution >= 4 is 46.6 Å². The lowest BCUT2D eigenvalue weighted by molar-refractivity contribution is -0.139. The first-order valence-corrected chi connectivity index (χ1v) is 8.97. The highest BCUT2D eigenvalue weighted by Gasteiger charge is 2.20. The number of hydrogen-bond donors (Lipinski definition) is 1. The van der Waals surface area contributed by atoms with Gasteiger partial charge in [-0.2, -0.15) is 0 Å². The molecular formula is C17H21Cl2N3O4. The summed E-state index contributed by atoms with van der Waals surface area (Å²) in [7, 11) is 1.51. The molecule has 1 aliphatic rings. The first kappa shape index (κ1) is 20.5. The summed E-state index contributed by atoms with van der Waals surface area (Å²) in [6.45, 7) is 1.97. The summed E-state index contributed by atoms with van der Waals surface area (Å²) >= 11 is 12.0. The van der Waals surface area contributed by atoms with Crippen LogP contribution in [0, 0.1) is 0 Å². The van der Waals surface area contributed by atoms with Gasteiger partial charge in [0.25, 0.3) is 0 Å². The molecule has 1 heterocycles. The van der Waals surface area contributed by atoms with Crippen LogP contribution in [0.5, 0.6) is 0 Å². The zero-order valence-corrected chi connectivity index (χ0v) is 16.0. The average molecular weight is 402 g/mol. The lowest BCUT2D eigenvalue weighted by Gasteiger charge is -2.27. The number of carbonyl (C=O) groups excluding carboxylic acids is 3. The van der Waals surface area contributed by atoms with Crippen LogP contribution in [-0.4, -0.2) is 67.4 Å². The van der Waals surface area contributed by atoms with Crippen molar-refractivity contribution in [2.45, 2.75) is 12.8 Å². The molecule has 1 saturated heterocycles. The van der Waals surface area contributed by atoms with E-state index in [0.717, 1.165) is 0 Å². The van der Waals surface area contributed by atoms with Crippen LogP contribution in [0.4, 0.5) is 5.69 Å². The molecule has 0 aromatic heterocycles. The van der Waals surface area contributed by atoms with Gasteiger partial charge in [0.1, 0.15) is 0 Å². The normalized spacial score (nSPS) is 14.0. The summed E-state index contributed by atoms with van der Waals surface area (Å²) in [5.41, 5.74) is 0.309. The van der Waals surface area contributed by atoms with E-state index in [2.05, 4.69) is 5.32 Å². The number of ether oxygens (including phenoxy) is 1.